The van der Waals surface area contributed by atoms with Gasteiger partial charge in [0.05, 0.1) is 17.8 Å². The van der Waals surface area contributed by atoms with Crippen molar-refractivity contribution in [2.24, 2.45) is 0 Å². The van der Waals surface area contributed by atoms with Gasteiger partial charge in [-0.2, -0.15) is 18.2 Å². The summed E-state index contributed by atoms with van der Waals surface area (Å²) in [5, 5.41) is 3.87. The highest BCUT2D eigenvalue weighted by Gasteiger charge is 2.30. The van der Waals surface area contributed by atoms with Gasteiger partial charge in [-0.1, -0.05) is 23.4 Å². The molecule has 27 heavy (non-hydrogen) atoms. The predicted octanol–water partition coefficient (Wildman–Crippen LogP) is 3.66. The lowest BCUT2D eigenvalue weighted by molar-refractivity contribution is -0.137. The average Bonchev–Trinajstić information content (AvgIpc) is 3.08. The molecule has 0 aliphatic rings. The van der Waals surface area contributed by atoms with E-state index in [1.165, 1.54) is 12.4 Å². The van der Waals surface area contributed by atoms with Gasteiger partial charge in [-0.25, -0.2) is 9.97 Å². The van der Waals surface area contributed by atoms with Gasteiger partial charge in [-0.15, -0.1) is 0 Å². The minimum atomic E-state index is -4.38. The smallest absolute Gasteiger partial charge is 0.338 e. The topological polar surface area (TPSA) is 67.9 Å². The van der Waals surface area contributed by atoms with Gasteiger partial charge in [-0.3, -0.25) is 4.90 Å². The fourth-order valence-electron chi connectivity index (χ4n) is 2.59. The van der Waals surface area contributed by atoms with E-state index in [1.807, 2.05) is 24.9 Å². The van der Waals surface area contributed by atoms with Gasteiger partial charge in [0, 0.05) is 18.7 Å². The Morgan fingerprint density at radius 2 is 2.04 bits per heavy atom. The molecule has 0 spiro atoms. The highest BCUT2D eigenvalue weighted by Crippen LogP contribution is 2.29. The number of halogens is 3. The normalized spacial score (nSPS) is 13.1. The molecule has 0 saturated carbocycles. The van der Waals surface area contributed by atoms with Gasteiger partial charge < -0.3 is 4.52 Å². The quantitative estimate of drug-likeness (QED) is 0.653. The third-order valence-electron chi connectivity index (χ3n) is 4.21. The van der Waals surface area contributed by atoms with Gasteiger partial charge in [0.25, 0.3) is 0 Å². The molecule has 0 bridgehead atoms. The molecule has 0 aliphatic carbocycles. The molecule has 1 aromatic carbocycles. The van der Waals surface area contributed by atoms with Gasteiger partial charge >= 0.3 is 6.18 Å². The van der Waals surface area contributed by atoms with Crippen LogP contribution in [-0.4, -0.2) is 32.1 Å². The lowest BCUT2D eigenvalue weighted by Crippen LogP contribution is -2.22. The van der Waals surface area contributed by atoms with E-state index >= 15 is 0 Å². The van der Waals surface area contributed by atoms with Crippen LogP contribution in [0, 0.1) is 0 Å². The molecule has 2 aromatic heterocycles. The van der Waals surface area contributed by atoms with Crippen LogP contribution in [0.2, 0.25) is 0 Å². The predicted molar refractivity (Wildman–Crippen MR) is 90.5 cm³/mol. The van der Waals surface area contributed by atoms with Crippen molar-refractivity contribution < 1.29 is 17.7 Å². The Bertz CT molecular complexity index is 882. The Hall–Kier alpha value is -2.81. The molecule has 2 heterocycles. The minimum Gasteiger partial charge on any atom is -0.338 e. The number of hydrogen-bond donors (Lipinski definition) is 0. The SMILES string of the molecule is CC(c1ccncn1)N(C)Cc1nc(Cc2cccc(C(F)(F)F)c2)no1. The van der Waals surface area contributed by atoms with E-state index < -0.39 is 11.7 Å². The van der Waals surface area contributed by atoms with Crippen molar-refractivity contribution in [2.75, 3.05) is 7.05 Å². The highest BCUT2D eigenvalue weighted by atomic mass is 19.4. The summed E-state index contributed by atoms with van der Waals surface area (Å²) in [7, 11) is 1.89. The maximum Gasteiger partial charge on any atom is 0.416 e. The van der Waals surface area contributed by atoms with Crippen LogP contribution in [0.5, 0.6) is 0 Å². The summed E-state index contributed by atoms with van der Waals surface area (Å²) in [6, 6.07) is 6.94. The van der Waals surface area contributed by atoms with Crippen molar-refractivity contribution in [3.05, 3.63) is 71.4 Å². The van der Waals surface area contributed by atoms with Crippen molar-refractivity contribution in [1.82, 2.24) is 25.0 Å². The van der Waals surface area contributed by atoms with Crippen LogP contribution < -0.4 is 0 Å². The molecular weight excluding hydrogens is 359 g/mol. The summed E-state index contributed by atoms with van der Waals surface area (Å²) in [6.45, 7) is 2.38. The van der Waals surface area contributed by atoms with Crippen molar-refractivity contribution in [1.29, 1.82) is 0 Å². The summed E-state index contributed by atoms with van der Waals surface area (Å²) in [4.78, 5) is 14.4. The van der Waals surface area contributed by atoms with Crippen LogP contribution in [0.15, 0.2) is 47.4 Å². The molecule has 0 saturated heterocycles. The maximum atomic E-state index is 12.8. The lowest BCUT2D eigenvalue weighted by Gasteiger charge is -2.22. The molecule has 6 nitrogen and oxygen atoms in total. The number of benzene rings is 1. The van der Waals surface area contributed by atoms with E-state index in [2.05, 4.69) is 20.1 Å². The Morgan fingerprint density at radius 3 is 2.74 bits per heavy atom. The molecule has 1 unspecified atom stereocenters. The summed E-state index contributed by atoms with van der Waals surface area (Å²) < 4.78 is 43.6. The summed E-state index contributed by atoms with van der Waals surface area (Å²) >= 11 is 0. The molecule has 3 aromatic rings. The van der Waals surface area contributed by atoms with Crippen LogP contribution in [-0.2, 0) is 19.1 Å². The van der Waals surface area contributed by atoms with Crippen LogP contribution in [0.3, 0.4) is 0 Å². The second-order valence-corrected chi connectivity index (χ2v) is 6.20. The standard InChI is InChI=1S/C18H18F3N5O/c1-12(15-6-7-22-11-23-15)26(2)10-17-24-16(25-27-17)9-13-4-3-5-14(8-13)18(19,20)21/h3-8,11-12H,9-10H2,1-2H3. The van der Waals surface area contributed by atoms with Crippen LogP contribution in [0.1, 0.15) is 41.5 Å². The lowest BCUT2D eigenvalue weighted by atomic mass is 10.1. The molecule has 0 radical (unpaired) electrons. The number of hydrogen-bond acceptors (Lipinski definition) is 6. The third-order valence-corrected chi connectivity index (χ3v) is 4.21. The monoisotopic (exact) mass is 377 g/mol. The fourth-order valence-corrected chi connectivity index (χ4v) is 2.59. The fraction of sp³-hybridized carbons (Fsp3) is 0.333. The zero-order valence-corrected chi connectivity index (χ0v) is 14.8. The molecule has 1 atom stereocenters. The highest BCUT2D eigenvalue weighted by molar-refractivity contribution is 5.27. The number of alkyl halides is 3. The first-order valence-electron chi connectivity index (χ1n) is 8.26. The molecule has 3 rings (SSSR count). The van der Waals surface area contributed by atoms with E-state index in [-0.39, 0.29) is 12.5 Å². The van der Waals surface area contributed by atoms with Crippen LogP contribution in [0.4, 0.5) is 13.2 Å². The van der Waals surface area contributed by atoms with Crippen molar-refractivity contribution in [3.8, 4) is 0 Å². The summed E-state index contributed by atoms with van der Waals surface area (Å²) in [5.74, 6) is 0.729. The van der Waals surface area contributed by atoms with E-state index in [4.69, 9.17) is 4.52 Å². The second-order valence-electron chi connectivity index (χ2n) is 6.20. The van der Waals surface area contributed by atoms with Crippen molar-refractivity contribution in [2.45, 2.75) is 32.1 Å². The molecule has 0 aliphatic heterocycles. The minimum absolute atomic E-state index is 0.00631. The van der Waals surface area contributed by atoms with Crippen molar-refractivity contribution in [3.63, 3.8) is 0 Å². The molecule has 0 amide bonds. The Morgan fingerprint density at radius 1 is 1.22 bits per heavy atom. The van der Waals surface area contributed by atoms with Crippen LogP contribution >= 0.6 is 0 Å². The van der Waals surface area contributed by atoms with Gasteiger partial charge in [0.1, 0.15) is 6.33 Å². The summed E-state index contributed by atoms with van der Waals surface area (Å²) in [6.07, 6.45) is -1.05. The first-order chi connectivity index (χ1) is 12.8. The van der Waals surface area contributed by atoms with E-state index in [0.717, 1.165) is 17.8 Å². The molecular formula is C18H18F3N5O. The Balaban J connectivity index is 1.65. The van der Waals surface area contributed by atoms with Gasteiger partial charge in [0.2, 0.25) is 5.89 Å². The first-order valence-corrected chi connectivity index (χ1v) is 8.26. The number of rotatable bonds is 6. The Labute approximate surface area is 154 Å². The molecule has 0 fully saturated rings. The average molecular weight is 377 g/mol. The largest absolute Gasteiger partial charge is 0.416 e. The number of aromatic nitrogens is 4. The molecule has 142 valence electrons. The first kappa shape index (κ1) is 19.0. The van der Waals surface area contributed by atoms with Crippen LogP contribution in [0.25, 0.3) is 0 Å². The van der Waals surface area contributed by atoms with E-state index in [9.17, 15) is 13.2 Å². The van der Waals surface area contributed by atoms with E-state index in [0.29, 0.717) is 23.8 Å². The van der Waals surface area contributed by atoms with E-state index in [1.54, 1.807) is 12.3 Å². The van der Waals surface area contributed by atoms with Crippen molar-refractivity contribution >= 4 is 0 Å². The zero-order valence-electron chi connectivity index (χ0n) is 14.8. The maximum absolute atomic E-state index is 12.8. The summed E-state index contributed by atoms with van der Waals surface area (Å²) in [5.41, 5.74) is 0.637. The van der Waals surface area contributed by atoms with Gasteiger partial charge in [0.15, 0.2) is 5.82 Å². The third kappa shape index (κ3) is 4.88. The zero-order chi connectivity index (χ0) is 19.4. The molecule has 9 heteroatoms. The second kappa shape index (κ2) is 7.83. The number of nitrogens with zero attached hydrogens (tertiary/aromatic N) is 5. The molecule has 0 N–H and O–H groups in total. The Kier molecular flexibility index (Phi) is 5.50. The van der Waals surface area contributed by atoms with Gasteiger partial charge in [-0.05, 0) is 31.7 Å².